The molecular weight excluding hydrogens is 292 g/mol. The van der Waals surface area contributed by atoms with Crippen molar-refractivity contribution in [2.24, 2.45) is 0 Å². The first-order valence-corrected chi connectivity index (χ1v) is 7.31. The fraction of sp³-hybridized carbons (Fsp3) is 0.364. The molecule has 0 aliphatic carbocycles. The summed E-state index contributed by atoms with van der Waals surface area (Å²) in [4.78, 5) is 10.1. The number of benzene rings is 1. The minimum atomic E-state index is -4.25. The fourth-order valence-electron chi connectivity index (χ4n) is 1.90. The molecule has 1 heterocycles. The minimum absolute atomic E-state index is 0.102. The number of hydrogen-bond donors (Lipinski definition) is 3. The Balaban J connectivity index is 2.25. The van der Waals surface area contributed by atoms with Crippen LogP contribution in [0, 0.1) is 11.6 Å². The molecule has 0 aromatic heterocycles. The van der Waals surface area contributed by atoms with E-state index in [1.165, 1.54) is 0 Å². The molecule has 1 unspecified atom stereocenters. The number of halogens is 2. The van der Waals surface area contributed by atoms with Crippen LogP contribution in [0.15, 0.2) is 17.0 Å². The van der Waals surface area contributed by atoms with E-state index >= 15 is 0 Å². The lowest BCUT2D eigenvalue weighted by atomic mass is 10.1. The maximum atomic E-state index is 13.6. The van der Waals surface area contributed by atoms with Gasteiger partial charge < -0.3 is 11.1 Å². The van der Waals surface area contributed by atoms with Crippen molar-refractivity contribution in [1.29, 1.82) is 0 Å². The number of hydrogen-bond acceptors (Lipinski definition) is 4. The number of rotatable bonds is 3. The van der Waals surface area contributed by atoms with Crippen LogP contribution in [0.1, 0.15) is 12.8 Å². The van der Waals surface area contributed by atoms with E-state index < -0.39 is 32.6 Å². The first kappa shape index (κ1) is 14.7. The summed E-state index contributed by atoms with van der Waals surface area (Å²) in [6.45, 7) is 0.102. The van der Waals surface area contributed by atoms with Crippen LogP contribution >= 0.6 is 0 Å². The van der Waals surface area contributed by atoms with Gasteiger partial charge in [-0.15, -0.1) is 0 Å². The van der Waals surface area contributed by atoms with Crippen molar-refractivity contribution in [2.45, 2.75) is 23.8 Å². The van der Waals surface area contributed by atoms with Crippen molar-refractivity contribution in [3.05, 3.63) is 23.8 Å². The average molecular weight is 305 g/mol. The highest BCUT2D eigenvalue weighted by Crippen LogP contribution is 2.21. The van der Waals surface area contributed by atoms with E-state index in [9.17, 15) is 22.0 Å². The Bertz CT molecular complexity index is 639. The standard InChI is InChI=1S/C11H13F2N3O3S/c12-8-3-6(14)4-9(11(8)13)20(18,19)16-7-1-2-10(17)15-5-7/h3-4,7,16H,1-2,5,14H2,(H,15,17). The SMILES string of the molecule is Nc1cc(F)c(F)c(S(=O)(=O)NC2CCC(=O)NC2)c1. The topological polar surface area (TPSA) is 101 Å². The van der Waals surface area contributed by atoms with E-state index in [2.05, 4.69) is 10.0 Å². The Labute approximate surface area is 114 Å². The highest BCUT2D eigenvalue weighted by Gasteiger charge is 2.27. The Morgan fingerprint density at radius 3 is 2.65 bits per heavy atom. The van der Waals surface area contributed by atoms with E-state index in [0.717, 1.165) is 6.07 Å². The molecular formula is C11H13F2N3O3S. The van der Waals surface area contributed by atoms with Crippen molar-refractivity contribution in [1.82, 2.24) is 10.0 Å². The van der Waals surface area contributed by atoms with Gasteiger partial charge in [0.25, 0.3) is 0 Å². The number of anilines is 1. The van der Waals surface area contributed by atoms with E-state index in [4.69, 9.17) is 5.73 Å². The van der Waals surface area contributed by atoms with Crippen molar-refractivity contribution in [3.63, 3.8) is 0 Å². The highest BCUT2D eigenvalue weighted by molar-refractivity contribution is 7.89. The normalized spacial score (nSPS) is 19.7. The Morgan fingerprint density at radius 1 is 1.35 bits per heavy atom. The molecule has 1 aliphatic rings. The van der Waals surface area contributed by atoms with Crippen molar-refractivity contribution >= 4 is 21.6 Å². The molecule has 4 N–H and O–H groups in total. The third-order valence-corrected chi connectivity index (χ3v) is 4.41. The third-order valence-electron chi connectivity index (χ3n) is 2.89. The van der Waals surface area contributed by atoms with E-state index in [1.54, 1.807) is 0 Å². The summed E-state index contributed by atoms with van der Waals surface area (Å²) in [6, 6.07) is 0.985. The van der Waals surface area contributed by atoms with Gasteiger partial charge in [0.1, 0.15) is 4.90 Å². The molecule has 0 radical (unpaired) electrons. The molecule has 0 bridgehead atoms. The van der Waals surface area contributed by atoms with Crippen LogP contribution < -0.4 is 15.8 Å². The fourth-order valence-corrected chi connectivity index (χ4v) is 3.29. The zero-order chi connectivity index (χ0) is 14.9. The van der Waals surface area contributed by atoms with Crippen LogP contribution in [-0.4, -0.2) is 26.9 Å². The lowest BCUT2D eigenvalue weighted by Crippen LogP contribution is -2.47. The van der Waals surface area contributed by atoms with Crippen LogP contribution in [0.5, 0.6) is 0 Å². The zero-order valence-electron chi connectivity index (χ0n) is 10.3. The van der Waals surface area contributed by atoms with Gasteiger partial charge in [0, 0.05) is 24.7 Å². The first-order chi connectivity index (χ1) is 9.29. The van der Waals surface area contributed by atoms with Crippen LogP contribution in [0.4, 0.5) is 14.5 Å². The van der Waals surface area contributed by atoms with Gasteiger partial charge in [-0.1, -0.05) is 0 Å². The molecule has 110 valence electrons. The van der Waals surface area contributed by atoms with E-state index in [-0.39, 0.29) is 31.0 Å². The molecule has 1 aromatic carbocycles. The smallest absolute Gasteiger partial charge is 0.243 e. The summed E-state index contributed by atoms with van der Waals surface area (Å²) in [5, 5.41) is 2.49. The zero-order valence-corrected chi connectivity index (χ0v) is 11.1. The van der Waals surface area contributed by atoms with Gasteiger partial charge in [-0.3, -0.25) is 4.79 Å². The Morgan fingerprint density at radius 2 is 2.05 bits per heavy atom. The van der Waals surface area contributed by atoms with Gasteiger partial charge in [0.2, 0.25) is 15.9 Å². The molecule has 0 spiro atoms. The lowest BCUT2D eigenvalue weighted by molar-refractivity contribution is -0.122. The summed E-state index contributed by atoms with van der Waals surface area (Å²) >= 11 is 0. The quantitative estimate of drug-likeness (QED) is 0.690. The van der Waals surface area contributed by atoms with Crippen molar-refractivity contribution in [3.8, 4) is 0 Å². The number of nitrogen functional groups attached to an aromatic ring is 1. The average Bonchev–Trinajstić information content (AvgIpc) is 2.36. The first-order valence-electron chi connectivity index (χ1n) is 5.83. The molecule has 2 rings (SSSR count). The van der Waals surface area contributed by atoms with Gasteiger partial charge in [0.15, 0.2) is 11.6 Å². The van der Waals surface area contributed by atoms with Gasteiger partial charge in [-0.25, -0.2) is 21.9 Å². The summed E-state index contributed by atoms with van der Waals surface area (Å²) in [5.41, 5.74) is 5.13. The third kappa shape index (κ3) is 3.05. The van der Waals surface area contributed by atoms with Gasteiger partial charge in [-0.05, 0) is 18.6 Å². The van der Waals surface area contributed by atoms with Gasteiger partial charge in [-0.2, -0.15) is 0 Å². The number of nitrogens with one attached hydrogen (secondary N) is 2. The molecule has 1 amide bonds. The minimum Gasteiger partial charge on any atom is -0.399 e. The second-order valence-corrected chi connectivity index (χ2v) is 6.16. The van der Waals surface area contributed by atoms with Crippen molar-refractivity contribution < 1.29 is 22.0 Å². The maximum absolute atomic E-state index is 13.6. The number of carbonyl (C=O) groups is 1. The molecule has 1 atom stereocenters. The molecule has 0 saturated carbocycles. The largest absolute Gasteiger partial charge is 0.399 e. The maximum Gasteiger partial charge on any atom is 0.243 e. The number of carbonyl (C=O) groups excluding carboxylic acids is 1. The summed E-state index contributed by atoms with van der Waals surface area (Å²) in [7, 11) is -4.25. The van der Waals surface area contributed by atoms with Crippen LogP contribution in [0.3, 0.4) is 0 Å². The molecule has 1 fully saturated rings. The van der Waals surface area contributed by atoms with Crippen LogP contribution in [0.2, 0.25) is 0 Å². The molecule has 20 heavy (non-hydrogen) atoms. The monoisotopic (exact) mass is 305 g/mol. The Hall–Kier alpha value is -1.74. The molecule has 6 nitrogen and oxygen atoms in total. The summed E-state index contributed by atoms with van der Waals surface area (Å²) in [6.07, 6.45) is 0.457. The number of sulfonamides is 1. The van der Waals surface area contributed by atoms with Gasteiger partial charge in [0.05, 0.1) is 0 Å². The second kappa shape index (κ2) is 5.33. The highest BCUT2D eigenvalue weighted by atomic mass is 32.2. The molecule has 1 saturated heterocycles. The van der Waals surface area contributed by atoms with E-state index in [1.807, 2.05) is 0 Å². The summed E-state index contributed by atoms with van der Waals surface area (Å²) in [5.74, 6) is -2.99. The number of nitrogens with two attached hydrogens (primary N) is 1. The Kier molecular flexibility index (Phi) is 3.91. The van der Waals surface area contributed by atoms with Crippen LogP contribution in [0.25, 0.3) is 0 Å². The molecule has 1 aromatic rings. The number of amides is 1. The van der Waals surface area contributed by atoms with Gasteiger partial charge >= 0.3 is 0 Å². The predicted molar refractivity (Wildman–Crippen MR) is 67.1 cm³/mol. The van der Waals surface area contributed by atoms with Crippen LogP contribution in [-0.2, 0) is 14.8 Å². The van der Waals surface area contributed by atoms with Crippen molar-refractivity contribution in [2.75, 3.05) is 12.3 Å². The number of piperidine rings is 1. The molecule has 9 heteroatoms. The second-order valence-electron chi connectivity index (χ2n) is 4.48. The molecule has 1 aliphatic heterocycles. The predicted octanol–water partition coefficient (Wildman–Crippen LogP) is 0.104. The lowest BCUT2D eigenvalue weighted by Gasteiger charge is -2.23. The summed E-state index contributed by atoms with van der Waals surface area (Å²) < 4.78 is 53.0. The van der Waals surface area contributed by atoms with E-state index in [0.29, 0.717) is 6.07 Å².